The third kappa shape index (κ3) is 3.34. The van der Waals surface area contributed by atoms with Gasteiger partial charge in [-0.2, -0.15) is 0 Å². The molecule has 1 aliphatic rings. The van der Waals surface area contributed by atoms with E-state index in [2.05, 4.69) is 10.3 Å². The van der Waals surface area contributed by atoms with Crippen LogP contribution in [-0.4, -0.2) is 30.0 Å². The van der Waals surface area contributed by atoms with Gasteiger partial charge >= 0.3 is 0 Å². The molecule has 0 spiro atoms. The van der Waals surface area contributed by atoms with Crippen molar-refractivity contribution in [1.29, 1.82) is 0 Å². The summed E-state index contributed by atoms with van der Waals surface area (Å²) in [5, 5.41) is 2.77. The molecule has 2 amide bonds. The second-order valence-electron chi connectivity index (χ2n) is 5.57. The summed E-state index contributed by atoms with van der Waals surface area (Å²) in [6, 6.07) is 7.12. The fourth-order valence-electron chi connectivity index (χ4n) is 2.65. The summed E-state index contributed by atoms with van der Waals surface area (Å²) >= 11 is 0. The minimum Gasteiger partial charge on any atom is -0.494 e. The molecule has 3 rings (SSSR count). The number of primary amides is 1. The minimum absolute atomic E-state index is 0.169. The third-order valence-electron chi connectivity index (χ3n) is 3.84. The molecule has 1 aromatic heterocycles. The number of nitrogens with one attached hydrogen (secondary N) is 2. The van der Waals surface area contributed by atoms with Crippen LogP contribution in [0.5, 0.6) is 11.5 Å². The van der Waals surface area contributed by atoms with Gasteiger partial charge in [0.1, 0.15) is 23.8 Å². The van der Waals surface area contributed by atoms with Crippen molar-refractivity contribution in [2.45, 2.75) is 13.3 Å². The Kier molecular flexibility index (Phi) is 4.41. The summed E-state index contributed by atoms with van der Waals surface area (Å²) < 4.78 is 11.2. The zero-order valence-electron chi connectivity index (χ0n) is 13.3. The number of nitrogens with two attached hydrogens (primary N) is 1. The Bertz CT molecular complexity index is 769. The smallest absolute Gasteiger partial charge is 0.265 e. The average Bonchev–Trinajstić information content (AvgIpc) is 3.03. The molecular formula is C17H19N3O4. The van der Waals surface area contributed by atoms with E-state index in [4.69, 9.17) is 15.2 Å². The molecule has 0 saturated heterocycles. The lowest BCUT2D eigenvalue weighted by molar-refractivity contribution is -0.121. The third-order valence-corrected chi connectivity index (χ3v) is 3.84. The predicted octanol–water partition coefficient (Wildman–Crippen LogP) is 1.70. The number of carbonyl (C=O) groups excluding carboxylic acids is 2. The number of hydrogen-bond acceptors (Lipinski definition) is 4. The monoisotopic (exact) mass is 329 g/mol. The van der Waals surface area contributed by atoms with Crippen molar-refractivity contribution in [2.75, 3.05) is 18.5 Å². The molecule has 0 bridgehead atoms. The van der Waals surface area contributed by atoms with Crippen LogP contribution >= 0.6 is 0 Å². The topological polar surface area (TPSA) is 106 Å². The number of H-pyrrole nitrogens is 1. The van der Waals surface area contributed by atoms with Crippen LogP contribution in [0.25, 0.3) is 0 Å². The van der Waals surface area contributed by atoms with Crippen LogP contribution in [0.15, 0.2) is 30.5 Å². The second-order valence-corrected chi connectivity index (χ2v) is 5.57. The van der Waals surface area contributed by atoms with Gasteiger partial charge in [-0.3, -0.25) is 9.59 Å². The molecular weight excluding hydrogens is 310 g/mol. The van der Waals surface area contributed by atoms with E-state index in [1.54, 1.807) is 0 Å². The van der Waals surface area contributed by atoms with Crippen molar-refractivity contribution in [3.8, 4) is 11.5 Å². The molecule has 1 aromatic carbocycles. The van der Waals surface area contributed by atoms with Gasteiger partial charge in [-0.05, 0) is 43.2 Å². The first-order valence-electron chi connectivity index (χ1n) is 7.74. The number of anilines is 1. The van der Waals surface area contributed by atoms with Crippen LogP contribution in [0, 0.1) is 5.92 Å². The van der Waals surface area contributed by atoms with Gasteiger partial charge in [0.15, 0.2) is 0 Å². The lowest BCUT2D eigenvalue weighted by Gasteiger charge is -2.25. The van der Waals surface area contributed by atoms with Gasteiger partial charge in [-0.15, -0.1) is 0 Å². The zero-order valence-corrected chi connectivity index (χ0v) is 13.3. The number of aromatic nitrogens is 1. The average molecular weight is 329 g/mol. The lowest BCUT2D eigenvalue weighted by atomic mass is 9.95. The Hall–Kier alpha value is -2.96. The van der Waals surface area contributed by atoms with E-state index < -0.39 is 5.91 Å². The Morgan fingerprint density at radius 3 is 2.96 bits per heavy atom. The summed E-state index contributed by atoms with van der Waals surface area (Å²) in [4.78, 5) is 26.2. The van der Waals surface area contributed by atoms with Crippen molar-refractivity contribution < 1.29 is 19.1 Å². The molecule has 0 radical (unpaired) electrons. The van der Waals surface area contributed by atoms with E-state index in [1.807, 2.05) is 25.1 Å². The van der Waals surface area contributed by atoms with E-state index in [0.29, 0.717) is 25.3 Å². The molecule has 0 fully saturated rings. The molecule has 1 atom stereocenters. The molecule has 7 heteroatoms. The normalized spacial score (nSPS) is 16.0. The first-order valence-corrected chi connectivity index (χ1v) is 7.74. The number of rotatable bonds is 5. The van der Waals surface area contributed by atoms with E-state index in [0.717, 1.165) is 17.1 Å². The van der Waals surface area contributed by atoms with Gasteiger partial charge in [0.25, 0.3) is 5.91 Å². The number of ether oxygens (including phenoxy) is 2. The lowest BCUT2D eigenvalue weighted by Crippen LogP contribution is -2.32. The molecule has 0 aliphatic carbocycles. The van der Waals surface area contributed by atoms with Gasteiger partial charge in [0, 0.05) is 6.20 Å². The van der Waals surface area contributed by atoms with Gasteiger partial charge in [0.05, 0.1) is 18.2 Å². The molecule has 126 valence electrons. The molecule has 4 N–H and O–H groups in total. The van der Waals surface area contributed by atoms with E-state index in [1.165, 1.54) is 12.3 Å². The Morgan fingerprint density at radius 1 is 1.42 bits per heavy atom. The molecule has 0 unspecified atom stereocenters. The standard InChI is InChI=1S/C17H19N3O4/c1-2-23-13-3-4-15-10(6-13)5-11(9-24-15)17(22)20-12-7-14(16(18)21)19-8-12/h3-4,6-8,11,19H,2,5,9H2,1H3,(H2,18,21)(H,20,22)/t11-/m0/s1. The predicted molar refractivity (Wildman–Crippen MR) is 88.2 cm³/mol. The highest BCUT2D eigenvalue weighted by Gasteiger charge is 2.26. The summed E-state index contributed by atoms with van der Waals surface area (Å²) in [5.41, 5.74) is 6.87. The van der Waals surface area contributed by atoms with Gasteiger partial charge in [0.2, 0.25) is 5.91 Å². The Balaban J connectivity index is 1.68. The van der Waals surface area contributed by atoms with E-state index >= 15 is 0 Å². The van der Waals surface area contributed by atoms with E-state index in [-0.39, 0.29) is 17.5 Å². The second kappa shape index (κ2) is 6.66. The highest BCUT2D eigenvalue weighted by atomic mass is 16.5. The quantitative estimate of drug-likeness (QED) is 0.776. The summed E-state index contributed by atoms with van der Waals surface area (Å²) in [5.74, 6) is 0.477. The largest absolute Gasteiger partial charge is 0.494 e. The SMILES string of the molecule is CCOc1ccc2c(c1)C[C@H](C(=O)Nc1c[nH]c(C(N)=O)c1)CO2. The summed E-state index contributed by atoms with van der Waals surface area (Å²) in [7, 11) is 0. The molecule has 1 aliphatic heterocycles. The van der Waals surface area contributed by atoms with Crippen LogP contribution < -0.4 is 20.5 Å². The number of amides is 2. The first kappa shape index (κ1) is 15.9. The van der Waals surface area contributed by atoms with Crippen molar-refractivity contribution in [3.63, 3.8) is 0 Å². The molecule has 24 heavy (non-hydrogen) atoms. The van der Waals surface area contributed by atoms with Crippen molar-refractivity contribution in [2.24, 2.45) is 11.7 Å². The van der Waals surface area contributed by atoms with Crippen molar-refractivity contribution >= 4 is 17.5 Å². The molecule has 2 aromatic rings. The molecule has 0 saturated carbocycles. The number of benzene rings is 1. The van der Waals surface area contributed by atoms with Gasteiger partial charge in [-0.25, -0.2) is 0 Å². The van der Waals surface area contributed by atoms with Crippen LogP contribution in [0.1, 0.15) is 23.0 Å². The number of carbonyl (C=O) groups is 2. The van der Waals surface area contributed by atoms with E-state index in [9.17, 15) is 9.59 Å². The van der Waals surface area contributed by atoms with Crippen LogP contribution in [0.3, 0.4) is 0 Å². The van der Waals surface area contributed by atoms with Gasteiger partial charge < -0.3 is 25.5 Å². The Morgan fingerprint density at radius 2 is 2.25 bits per heavy atom. The highest BCUT2D eigenvalue weighted by molar-refractivity contribution is 5.96. The van der Waals surface area contributed by atoms with Crippen LogP contribution in [0.2, 0.25) is 0 Å². The number of fused-ring (bicyclic) bond motifs is 1. The van der Waals surface area contributed by atoms with Crippen molar-refractivity contribution in [1.82, 2.24) is 4.98 Å². The number of hydrogen-bond donors (Lipinski definition) is 3. The highest BCUT2D eigenvalue weighted by Crippen LogP contribution is 2.31. The Labute approximate surface area is 139 Å². The maximum atomic E-state index is 12.4. The first-order chi connectivity index (χ1) is 11.6. The maximum absolute atomic E-state index is 12.4. The van der Waals surface area contributed by atoms with Crippen LogP contribution in [-0.2, 0) is 11.2 Å². The maximum Gasteiger partial charge on any atom is 0.265 e. The van der Waals surface area contributed by atoms with Crippen LogP contribution in [0.4, 0.5) is 5.69 Å². The molecule has 7 nitrogen and oxygen atoms in total. The fourth-order valence-corrected chi connectivity index (χ4v) is 2.65. The van der Waals surface area contributed by atoms with Gasteiger partial charge in [-0.1, -0.05) is 0 Å². The minimum atomic E-state index is -0.575. The summed E-state index contributed by atoms with van der Waals surface area (Å²) in [6.07, 6.45) is 2.10. The zero-order chi connectivity index (χ0) is 17.1. The number of aromatic amines is 1. The fraction of sp³-hybridized carbons (Fsp3) is 0.294. The van der Waals surface area contributed by atoms with Crippen molar-refractivity contribution in [3.05, 3.63) is 41.7 Å². The molecule has 2 heterocycles. The summed E-state index contributed by atoms with van der Waals surface area (Å²) in [6.45, 7) is 2.81.